The number of rotatable bonds is 10. The number of carbonyl (C=O) groups excluding carboxylic acids is 1. The summed E-state index contributed by atoms with van der Waals surface area (Å²) in [5.74, 6) is 1.25. The third-order valence-corrected chi connectivity index (χ3v) is 4.77. The van der Waals surface area contributed by atoms with Crippen LogP contribution in [-0.4, -0.2) is 17.5 Å². The van der Waals surface area contributed by atoms with Crippen molar-refractivity contribution in [3.63, 3.8) is 0 Å². The van der Waals surface area contributed by atoms with Gasteiger partial charge in [0.15, 0.2) is 18.1 Å². The third kappa shape index (κ3) is 6.80. The van der Waals surface area contributed by atoms with Crippen LogP contribution in [-0.2, 0) is 17.9 Å². The molecule has 0 spiro atoms. The van der Waals surface area contributed by atoms with Gasteiger partial charge in [-0.3, -0.25) is 4.79 Å². The van der Waals surface area contributed by atoms with E-state index in [1.165, 1.54) is 24.3 Å². The van der Waals surface area contributed by atoms with Crippen molar-refractivity contribution < 1.29 is 23.4 Å². The molecule has 1 amide bonds. The molecular formula is C27H23FN2O4. The monoisotopic (exact) mass is 458 g/mol. The minimum atomic E-state index is -0.343. The van der Waals surface area contributed by atoms with Gasteiger partial charge < -0.3 is 19.5 Å². The number of nitrogens with zero attached hydrogens (tertiary/aromatic N) is 1. The van der Waals surface area contributed by atoms with E-state index in [4.69, 9.17) is 14.2 Å². The summed E-state index contributed by atoms with van der Waals surface area (Å²) in [5, 5.41) is 2.81. The maximum Gasteiger partial charge on any atom is 0.258 e. The lowest BCUT2D eigenvalue weighted by Crippen LogP contribution is -2.28. The summed E-state index contributed by atoms with van der Waals surface area (Å²) < 4.78 is 30.2. The summed E-state index contributed by atoms with van der Waals surface area (Å²) in [6, 6.07) is 26.2. The molecule has 0 saturated carbocycles. The number of pyridine rings is 1. The highest BCUT2D eigenvalue weighted by molar-refractivity contribution is 5.77. The molecule has 1 N–H and O–H groups in total. The Balaban J connectivity index is 1.27. The second-order valence-electron chi connectivity index (χ2n) is 7.34. The van der Waals surface area contributed by atoms with Gasteiger partial charge in [-0.05, 0) is 53.6 Å². The Bertz CT molecular complexity index is 1220. The molecule has 0 bridgehead atoms. The first-order valence-corrected chi connectivity index (χ1v) is 10.7. The Hall–Kier alpha value is -4.39. The number of carbonyl (C=O) groups is 1. The molecule has 4 aromatic rings. The Morgan fingerprint density at radius 1 is 0.824 bits per heavy atom. The van der Waals surface area contributed by atoms with Crippen LogP contribution in [0.25, 0.3) is 0 Å². The van der Waals surface area contributed by atoms with Crippen LogP contribution in [0.3, 0.4) is 0 Å². The van der Waals surface area contributed by atoms with Crippen LogP contribution in [0.2, 0.25) is 0 Å². The van der Waals surface area contributed by atoms with E-state index in [0.29, 0.717) is 29.7 Å². The Labute approximate surface area is 196 Å². The lowest BCUT2D eigenvalue weighted by molar-refractivity contribution is -0.123. The Morgan fingerprint density at radius 2 is 1.53 bits per heavy atom. The summed E-state index contributed by atoms with van der Waals surface area (Å²) in [5.41, 5.74) is 1.84. The van der Waals surface area contributed by atoms with Gasteiger partial charge in [0.2, 0.25) is 5.88 Å². The van der Waals surface area contributed by atoms with Gasteiger partial charge in [-0.15, -0.1) is 0 Å². The second kappa shape index (κ2) is 11.5. The predicted molar refractivity (Wildman–Crippen MR) is 125 cm³/mol. The zero-order chi connectivity index (χ0) is 23.6. The van der Waals surface area contributed by atoms with E-state index in [1.54, 1.807) is 30.5 Å². The lowest BCUT2D eigenvalue weighted by Gasteiger charge is -2.13. The van der Waals surface area contributed by atoms with Crippen molar-refractivity contribution in [1.82, 2.24) is 10.3 Å². The van der Waals surface area contributed by atoms with Gasteiger partial charge in [0.1, 0.15) is 18.2 Å². The average molecular weight is 458 g/mol. The number of amides is 1. The summed E-state index contributed by atoms with van der Waals surface area (Å²) in [6.45, 7) is 0.518. The van der Waals surface area contributed by atoms with Crippen LogP contribution < -0.4 is 19.5 Å². The van der Waals surface area contributed by atoms with Gasteiger partial charge in [0, 0.05) is 18.8 Å². The van der Waals surface area contributed by atoms with Crippen molar-refractivity contribution in [3.8, 4) is 23.1 Å². The van der Waals surface area contributed by atoms with E-state index in [-0.39, 0.29) is 24.9 Å². The number of halogens is 1. The molecule has 0 unspecified atom stereocenters. The van der Waals surface area contributed by atoms with Crippen molar-refractivity contribution >= 4 is 5.91 Å². The molecule has 4 rings (SSSR count). The summed E-state index contributed by atoms with van der Waals surface area (Å²) in [4.78, 5) is 16.5. The highest BCUT2D eigenvalue weighted by atomic mass is 19.1. The molecule has 0 aliphatic rings. The van der Waals surface area contributed by atoms with Crippen LogP contribution in [0.4, 0.5) is 4.39 Å². The van der Waals surface area contributed by atoms with Crippen LogP contribution in [0.15, 0.2) is 97.2 Å². The third-order valence-electron chi connectivity index (χ3n) is 4.77. The molecule has 0 atom stereocenters. The molecule has 1 heterocycles. The number of hydrogen-bond acceptors (Lipinski definition) is 5. The van der Waals surface area contributed by atoms with Crippen molar-refractivity contribution in [2.24, 2.45) is 0 Å². The normalized spacial score (nSPS) is 10.4. The van der Waals surface area contributed by atoms with Gasteiger partial charge in [0.25, 0.3) is 5.91 Å². The predicted octanol–water partition coefficient (Wildman–Crippen LogP) is 5.29. The van der Waals surface area contributed by atoms with Crippen LogP contribution in [0.5, 0.6) is 23.1 Å². The van der Waals surface area contributed by atoms with Gasteiger partial charge in [0.05, 0.1) is 0 Å². The maximum atomic E-state index is 13.0. The lowest BCUT2D eigenvalue weighted by atomic mass is 10.2. The van der Waals surface area contributed by atoms with E-state index in [9.17, 15) is 9.18 Å². The topological polar surface area (TPSA) is 69.7 Å². The Kier molecular flexibility index (Phi) is 7.69. The molecule has 34 heavy (non-hydrogen) atoms. The molecule has 0 radical (unpaired) electrons. The molecule has 0 aliphatic carbocycles. The fourth-order valence-corrected chi connectivity index (χ4v) is 3.06. The molecule has 3 aromatic carbocycles. The van der Waals surface area contributed by atoms with E-state index in [1.807, 2.05) is 42.5 Å². The van der Waals surface area contributed by atoms with Gasteiger partial charge in [-0.1, -0.05) is 42.5 Å². The molecule has 0 saturated heterocycles. The molecule has 0 aliphatic heterocycles. The standard InChI is InChI=1S/C27H23FN2O4/c28-22-10-12-23(13-11-22)34-27-16-21(14-15-29-27)17-30-26(31)19-33-25-9-5-4-8-24(25)32-18-20-6-2-1-3-7-20/h1-16H,17-19H2,(H,30,31). The molecule has 0 fully saturated rings. The highest BCUT2D eigenvalue weighted by Crippen LogP contribution is 2.27. The van der Waals surface area contributed by atoms with Crippen LogP contribution >= 0.6 is 0 Å². The van der Waals surface area contributed by atoms with Crippen molar-refractivity contribution in [3.05, 3.63) is 114 Å². The number of benzene rings is 3. The minimum absolute atomic E-state index is 0.157. The summed E-state index contributed by atoms with van der Waals surface area (Å²) in [7, 11) is 0. The second-order valence-corrected chi connectivity index (χ2v) is 7.34. The molecule has 7 heteroatoms. The average Bonchev–Trinajstić information content (AvgIpc) is 2.88. The first-order chi connectivity index (χ1) is 16.7. The number of nitrogens with one attached hydrogen (secondary N) is 1. The molecular weight excluding hydrogens is 435 g/mol. The maximum absolute atomic E-state index is 13.0. The first-order valence-electron chi connectivity index (χ1n) is 10.7. The van der Waals surface area contributed by atoms with Crippen molar-refractivity contribution in [1.29, 1.82) is 0 Å². The largest absolute Gasteiger partial charge is 0.485 e. The van der Waals surface area contributed by atoms with E-state index >= 15 is 0 Å². The quantitative estimate of drug-likeness (QED) is 0.350. The van der Waals surface area contributed by atoms with Crippen LogP contribution in [0.1, 0.15) is 11.1 Å². The molecule has 172 valence electrons. The fraction of sp³-hybridized carbons (Fsp3) is 0.111. The Morgan fingerprint density at radius 3 is 2.29 bits per heavy atom. The number of hydrogen-bond donors (Lipinski definition) is 1. The van der Waals surface area contributed by atoms with E-state index < -0.39 is 0 Å². The smallest absolute Gasteiger partial charge is 0.258 e. The number of ether oxygens (including phenoxy) is 3. The summed E-state index contributed by atoms with van der Waals surface area (Å²) in [6.07, 6.45) is 1.58. The zero-order valence-corrected chi connectivity index (χ0v) is 18.3. The van der Waals surface area contributed by atoms with Crippen molar-refractivity contribution in [2.45, 2.75) is 13.2 Å². The van der Waals surface area contributed by atoms with Gasteiger partial charge >= 0.3 is 0 Å². The SMILES string of the molecule is O=C(COc1ccccc1OCc1ccccc1)NCc1ccnc(Oc2ccc(F)cc2)c1. The van der Waals surface area contributed by atoms with Crippen LogP contribution in [0, 0.1) is 5.82 Å². The number of aromatic nitrogens is 1. The molecule has 1 aromatic heterocycles. The number of para-hydroxylation sites is 2. The van der Waals surface area contributed by atoms with Gasteiger partial charge in [-0.2, -0.15) is 0 Å². The first kappa shape index (κ1) is 22.8. The molecule has 6 nitrogen and oxygen atoms in total. The summed E-state index contributed by atoms with van der Waals surface area (Å²) >= 11 is 0. The fourth-order valence-electron chi connectivity index (χ4n) is 3.06. The highest BCUT2D eigenvalue weighted by Gasteiger charge is 2.09. The van der Waals surface area contributed by atoms with E-state index in [0.717, 1.165) is 11.1 Å². The van der Waals surface area contributed by atoms with Gasteiger partial charge in [-0.25, -0.2) is 9.37 Å². The minimum Gasteiger partial charge on any atom is -0.485 e. The van der Waals surface area contributed by atoms with E-state index in [2.05, 4.69) is 10.3 Å². The van der Waals surface area contributed by atoms with Crippen molar-refractivity contribution in [2.75, 3.05) is 6.61 Å². The zero-order valence-electron chi connectivity index (χ0n) is 18.3.